The molecule has 0 amide bonds. The van der Waals surface area contributed by atoms with Crippen LogP contribution in [-0.2, 0) is 0 Å². The van der Waals surface area contributed by atoms with Gasteiger partial charge in [-0.3, -0.25) is 5.43 Å². The van der Waals surface area contributed by atoms with Gasteiger partial charge in [-0.1, -0.05) is 11.6 Å². The number of piperidine rings is 1. The molecule has 2 unspecified atom stereocenters. The van der Waals surface area contributed by atoms with Crippen LogP contribution in [0.4, 0.5) is 11.8 Å². The summed E-state index contributed by atoms with van der Waals surface area (Å²) in [6, 6.07) is 0.633. The number of aromatic nitrogens is 2. The third-order valence-electron chi connectivity index (χ3n) is 3.81. The van der Waals surface area contributed by atoms with Gasteiger partial charge in [0.1, 0.15) is 5.02 Å². The van der Waals surface area contributed by atoms with Crippen molar-refractivity contribution in [2.75, 3.05) is 10.3 Å². The number of hydrogen-bond donors (Lipinski definition) is 3. The minimum Gasteiger partial charge on any atom is -0.393 e. The number of nitrogen functional groups attached to an aromatic ring is 1. The monoisotopic (exact) mass is 269 g/mol. The van der Waals surface area contributed by atoms with Crippen LogP contribution in [0.1, 0.15) is 25.7 Å². The molecule has 7 heteroatoms. The average molecular weight is 270 g/mol. The maximum absolute atomic E-state index is 9.80. The van der Waals surface area contributed by atoms with E-state index in [2.05, 4.69) is 20.3 Å². The Morgan fingerprint density at radius 3 is 2.67 bits per heavy atom. The number of nitrogens with zero attached hydrogens (tertiary/aromatic N) is 3. The lowest BCUT2D eigenvalue weighted by Crippen LogP contribution is -2.45. The molecular weight excluding hydrogens is 254 g/mol. The van der Waals surface area contributed by atoms with Crippen LogP contribution >= 0.6 is 11.6 Å². The predicted octanol–water partition coefficient (Wildman–Crippen LogP) is 0.908. The highest BCUT2D eigenvalue weighted by Crippen LogP contribution is 2.40. The molecule has 2 fully saturated rings. The molecule has 2 atom stereocenters. The van der Waals surface area contributed by atoms with Crippen molar-refractivity contribution < 1.29 is 5.11 Å². The van der Waals surface area contributed by atoms with Crippen molar-refractivity contribution in [3.05, 3.63) is 11.2 Å². The molecule has 2 aliphatic heterocycles. The lowest BCUT2D eigenvalue weighted by atomic mass is 10.00. The summed E-state index contributed by atoms with van der Waals surface area (Å²) in [4.78, 5) is 10.5. The Bertz CT molecular complexity index is 443. The van der Waals surface area contributed by atoms with Gasteiger partial charge in [-0.05, 0) is 25.7 Å². The maximum Gasteiger partial charge on any atom is 0.239 e. The molecule has 6 nitrogen and oxygen atoms in total. The highest BCUT2D eigenvalue weighted by atomic mass is 35.5. The number of fused-ring (bicyclic) bond motifs is 2. The third kappa shape index (κ3) is 1.90. The van der Waals surface area contributed by atoms with Crippen LogP contribution in [0.3, 0.4) is 0 Å². The van der Waals surface area contributed by atoms with E-state index in [-0.39, 0.29) is 6.10 Å². The number of anilines is 2. The average Bonchev–Trinajstić information content (AvgIpc) is 2.63. The molecule has 3 rings (SSSR count). The van der Waals surface area contributed by atoms with Crippen molar-refractivity contribution in [3.8, 4) is 0 Å². The van der Waals surface area contributed by atoms with Gasteiger partial charge in [-0.2, -0.15) is 4.98 Å². The normalized spacial score (nSPS) is 30.6. The van der Waals surface area contributed by atoms with E-state index < -0.39 is 0 Å². The molecule has 98 valence electrons. The van der Waals surface area contributed by atoms with Crippen LogP contribution in [0.5, 0.6) is 0 Å². The standard InChI is InChI=1S/C11H16ClN5O/c12-9-5-14-11(16-13)15-10(9)17-6-1-2-7(17)4-8(18)3-6/h5-8,18H,1-4,13H2,(H,14,15,16). The zero-order valence-electron chi connectivity index (χ0n) is 9.88. The Balaban J connectivity index is 1.95. The Morgan fingerprint density at radius 1 is 1.39 bits per heavy atom. The highest BCUT2D eigenvalue weighted by molar-refractivity contribution is 6.32. The fourth-order valence-electron chi connectivity index (χ4n) is 3.10. The summed E-state index contributed by atoms with van der Waals surface area (Å²) in [5.41, 5.74) is 2.44. The Morgan fingerprint density at radius 2 is 2.06 bits per heavy atom. The van der Waals surface area contributed by atoms with Crippen molar-refractivity contribution in [3.63, 3.8) is 0 Å². The fraction of sp³-hybridized carbons (Fsp3) is 0.636. The largest absolute Gasteiger partial charge is 0.393 e. The molecule has 1 aromatic rings. The quantitative estimate of drug-likeness (QED) is 0.546. The molecule has 0 aliphatic carbocycles. The summed E-state index contributed by atoms with van der Waals surface area (Å²) < 4.78 is 0. The summed E-state index contributed by atoms with van der Waals surface area (Å²) in [6.07, 6.45) is 5.07. The second-order valence-electron chi connectivity index (χ2n) is 4.93. The molecule has 0 spiro atoms. The second kappa shape index (κ2) is 4.53. The zero-order valence-corrected chi connectivity index (χ0v) is 10.6. The van der Waals surface area contributed by atoms with Gasteiger partial charge in [0.05, 0.1) is 12.3 Å². The van der Waals surface area contributed by atoms with Gasteiger partial charge in [0, 0.05) is 12.1 Å². The third-order valence-corrected chi connectivity index (χ3v) is 4.07. The lowest BCUT2D eigenvalue weighted by Gasteiger charge is -2.38. The smallest absolute Gasteiger partial charge is 0.239 e. The minimum atomic E-state index is -0.202. The van der Waals surface area contributed by atoms with Crippen LogP contribution in [0.25, 0.3) is 0 Å². The molecule has 3 heterocycles. The first-order valence-electron chi connectivity index (χ1n) is 6.14. The van der Waals surface area contributed by atoms with E-state index in [4.69, 9.17) is 17.4 Å². The number of hydrogen-bond acceptors (Lipinski definition) is 6. The van der Waals surface area contributed by atoms with E-state index in [0.29, 0.717) is 23.1 Å². The van der Waals surface area contributed by atoms with Crippen molar-refractivity contribution in [1.82, 2.24) is 9.97 Å². The van der Waals surface area contributed by atoms with E-state index in [9.17, 15) is 5.11 Å². The van der Waals surface area contributed by atoms with E-state index in [1.807, 2.05) is 0 Å². The van der Waals surface area contributed by atoms with Crippen molar-refractivity contribution in [2.24, 2.45) is 5.84 Å². The highest BCUT2D eigenvalue weighted by Gasteiger charge is 2.41. The van der Waals surface area contributed by atoms with Gasteiger partial charge in [0.15, 0.2) is 5.82 Å². The molecule has 2 saturated heterocycles. The number of aliphatic hydroxyl groups excluding tert-OH is 1. The van der Waals surface area contributed by atoms with E-state index in [1.54, 1.807) is 6.20 Å². The maximum atomic E-state index is 9.80. The zero-order chi connectivity index (χ0) is 12.7. The van der Waals surface area contributed by atoms with Gasteiger partial charge in [-0.15, -0.1) is 0 Å². The number of rotatable bonds is 2. The van der Waals surface area contributed by atoms with Gasteiger partial charge in [0.2, 0.25) is 5.95 Å². The molecule has 2 bridgehead atoms. The van der Waals surface area contributed by atoms with Crippen LogP contribution in [-0.4, -0.2) is 33.3 Å². The first kappa shape index (κ1) is 12.0. The van der Waals surface area contributed by atoms with E-state index >= 15 is 0 Å². The van der Waals surface area contributed by atoms with Crippen LogP contribution in [0.15, 0.2) is 6.20 Å². The Labute approximate surface area is 110 Å². The van der Waals surface area contributed by atoms with Crippen molar-refractivity contribution in [1.29, 1.82) is 0 Å². The fourth-order valence-corrected chi connectivity index (χ4v) is 3.29. The molecule has 18 heavy (non-hydrogen) atoms. The summed E-state index contributed by atoms with van der Waals surface area (Å²) in [5.74, 6) is 6.41. The van der Waals surface area contributed by atoms with Gasteiger partial charge >= 0.3 is 0 Å². The molecule has 0 aromatic carbocycles. The SMILES string of the molecule is NNc1ncc(Cl)c(N2C3CCC2CC(O)C3)n1. The summed E-state index contributed by atoms with van der Waals surface area (Å²) in [6.45, 7) is 0. The summed E-state index contributed by atoms with van der Waals surface area (Å²) >= 11 is 6.18. The lowest BCUT2D eigenvalue weighted by molar-refractivity contribution is 0.126. The van der Waals surface area contributed by atoms with Crippen molar-refractivity contribution in [2.45, 2.75) is 43.9 Å². The first-order valence-corrected chi connectivity index (χ1v) is 6.52. The van der Waals surface area contributed by atoms with E-state index in [1.165, 1.54) is 0 Å². The molecular formula is C11H16ClN5O. The molecule has 2 aliphatic rings. The van der Waals surface area contributed by atoms with Crippen LogP contribution in [0, 0.1) is 0 Å². The van der Waals surface area contributed by atoms with Gasteiger partial charge in [-0.25, -0.2) is 10.8 Å². The minimum absolute atomic E-state index is 0.202. The first-order chi connectivity index (χ1) is 8.69. The molecule has 4 N–H and O–H groups in total. The number of aliphatic hydroxyl groups is 1. The number of nitrogens with one attached hydrogen (secondary N) is 1. The Kier molecular flexibility index (Phi) is 3.01. The van der Waals surface area contributed by atoms with Crippen LogP contribution in [0.2, 0.25) is 5.02 Å². The van der Waals surface area contributed by atoms with Crippen LogP contribution < -0.4 is 16.2 Å². The van der Waals surface area contributed by atoms with Crippen molar-refractivity contribution >= 4 is 23.4 Å². The number of nitrogens with two attached hydrogens (primary N) is 1. The molecule has 0 radical (unpaired) electrons. The topological polar surface area (TPSA) is 87.3 Å². The molecule has 1 aromatic heterocycles. The Hall–Kier alpha value is -1.11. The summed E-state index contributed by atoms with van der Waals surface area (Å²) in [5, 5.41) is 10.3. The molecule has 0 saturated carbocycles. The van der Waals surface area contributed by atoms with E-state index in [0.717, 1.165) is 31.5 Å². The predicted molar refractivity (Wildman–Crippen MR) is 69.4 cm³/mol. The second-order valence-corrected chi connectivity index (χ2v) is 5.33. The number of halogens is 1. The van der Waals surface area contributed by atoms with Gasteiger partial charge < -0.3 is 10.0 Å². The van der Waals surface area contributed by atoms with Gasteiger partial charge in [0.25, 0.3) is 0 Å². The number of hydrazine groups is 1. The summed E-state index contributed by atoms with van der Waals surface area (Å²) in [7, 11) is 0.